The topological polar surface area (TPSA) is 79.0 Å². The number of aliphatic imine (C=N–C) groups is 1. The monoisotopic (exact) mass is 363 g/mol. The second kappa shape index (κ2) is 9.24. The molecule has 142 valence electrons. The van der Waals surface area contributed by atoms with E-state index in [1.807, 2.05) is 13.8 Å². The van der Waals surface area contributed by atoms with Gasteiger partial charge in [-0.25, -0.2) is 9.38 Å². The van der Waals surface area contributed by atoms with Crippen molar-refractivity contribution in [3.8, 4) is 5.75 Å². The molecule has 1 heterocycles. The third kappa shape index (κ3) is 5.49. The zero-order valence-electron chi connectivity index (χ0n) is 15.4. The minimum atomic E-state index is -1.18. The number of hydrogen-bond acceptors (Lipinski definition) is 4. The number of hydrogen-bond donors (Lipinski definition) is 3. The van der Waals surface area contributed by atoms with E-state index in [9.17, 15) is 9.50 Å². The molecule has 2 aromatic rings. The highest BCUT2D eigenvalue weighted by Gasteiger charge is 2.26. The fourth-order valence-corrected chi connectivity index (χ4v) is 2.36. The van der Waals surface area contributed by atoms with Crippen molar-refractivity contribution in [2.45, 2.75) is 32.9 Å². The van der Waals surface area contributed by atoms with E-state index >= 15 is 0 Å². The van der Waals surface area contributed by atoms with Gasteiger partial charge >= 0.3 is 0 Å². The molecule has 0 bridgehead atoms. The Hall–Kier alpha value is -2.54. The van der Waals surface area contributed by atoms with Crippen LogP contribution in [0.1, 0.15) is 32.1 Å². The summed E-state index contributed by atoms with van der Waals surface area (Å²) in [5.41, 5.74) is -0.453. The van der Waals surface area contributed by atoms with Crippen LogP contribution in [0.3, 0.4) is 0 Å². The van der Waals surface area contributed by atoms with Crippen LogP contribution in [0.4, 0.5) is 4.39 Å². The van der Waals surface area contributed by atoms with Gasteiger partial charge in [0, 0.05) is 6.54 Å². The summed E-state index contributed by atoms with van der Waals surface area (Å²) in [7, 11) is 0. The first-order valence-electron chi connectivity index (χ1n) is 8.66. The molecule has 0 saturated heterocycles. The van der Waals surface area contributed by atoms with Gasteiger partial charge in [-0.3, -0.25) is 0 Å². The molecule has 1 unspecified atom stereocenters. The summed E-state index contributed by atoms with van der Waals surface area (Å²) in [5.74, 6) is 0.820. The van der Waals surface area contributed by atoms with Crippen molar-refractivity contribution in [3.05, 3.63) is 53.7 Å². The van der Waals surface area contributed by atoms with Crippen LogP contribution in [-0.2, 0) is 12.1 Å². The van der Waals surface area contributed by atoms with E-state index in [-0.39, 0.29) is 12.3 Å². The van der Waals surface area contributed by atoms with Gasteiger partial charge in [-0.1, -0.05) is 6.07 Å². The molecule has 3 N–H and O–H groups in total. The molecule has 0 amide bonds. The number of halogens is 1. The lowest BCUT2D eigenvalue weighted by atomic mass is 10.0. The Morgan fingerprint density at radius 3 is 2.73 bits per heavy atom. The van der Waals surface area contributed by atoms with Crippen LogP contribution in [0.25, 0.3) is 0 Å². The molecule has 0 spiro atoms. The predicted octanol–water partition coefficient (Wildman–Crippen LogP) is 2.78. The second-order valence-electron chi connectivity index (χ2n) is 6.00. The van der Waals surface area contributed by atoms with Crippen LogP contribution in [0, 0.1) is 5.82 Å². The van der Waals surface area contributed by atoms with Crippen LogP contribution in [0.15, 0.2) is 46.0 Å². The van der Waals surface area contributed by atoms with Crippen molar-refractivity contribution in [2.24, 2.45) is 4.99 Å². The average molecular weight is 363 g/mol. The first kappa shape index (κ1) is 19.8. The van der Waals surface area contributed by atoms with Gasteiger partial charge in [-0.15, -0.1) is 0 Å². The van der Waals surface area contributed by atoms with Crippen molar-refractivity contribution in [2.75, 3.05) is 19.7 Å². The van der Waals surface area contributed by atoms with Gasteiger partial charge in [0.25, 0.3) is 0 Å². The van der Waals surface area contributed by atoms with Gasteiger partial charge in [0.05, 0.1) is 26.0 Å². The fraction of sp³-hybridized carbons (Fsp3) is 0.421. The second-order valence-corrected chi connectivity index (χ2v) is 6.00. The number of benzene rings is 1. The summed E-state index contributed by atoms with van der Waals surface area (Å²) >= 11 is 0. The number of furan rings is 1. The number of aliphatic hydroxyl groups is 1. The van der Waals surface area contributed by atoms with E-state index in [0.29, 0.717) is 31.4 Å². The smallest absolute Gasteiger partial charge is 0.191 e. The molecule has 0 aliphatic heterocycles. The van der Waals surface area contributed by atoms with Crippen LogP contribution in [0.2, 0.25) is 0 Å². The third-order valence-electron chi connectivity index (χ3n) is 3.71. The Balaban J connectivity index is 2.01. The molecule has 0 radical (unpaired) electrons. The zero-order chi connectivity index (χ0) is 19.0. The SMILES string of the molecule is CCNC(=NCc1ccc(OCC)c(F)c1)NCC(C)(O)c1ccco1. The van der Waals surface area contributed by atoms with Crippen molar-refractivity contribution in [3.63, 3.8) is 0 Å². The van der Waals surface area contributed by atoms with Crippen molar-refractivity contribution in [1.29, 1.82) is 0 Å². The van der Waals surface area contributed by atoms with Gasteiger partial charge in [0.2, 0.25) is 0 Å². The summed E-state index contributed by atoms with van der Waals surface area (Å²) in [5, 5.41) is 16.7. The van der Waals surface area contributed by atoms with Gasteiger partial charge in [0.1, 0.15) is 11.4 Å². The molecule has 7 heteroatoms. The number of nitrogens with zero attached hydrogens (tertiary/aromatic N) is 1. The summed E-state index contributed by atoms with van der Waals surface area (Å²) in [6.45, 7) is 6.99. The van der Waals surface area contributed by atoms with Gasteiger partial charge in [0.15, 0.2) is 17.5 Å². The average Bonchev–Trinajstić information content (AvgIpc) is 3.15. The maximum atomic E-state index is 13.9. The Morgan fingerprint density at radius 1 is 1.31 bits per heavy atom. The fourth-order valence-electron chi connectivity index (χ4n) is 2.36. The normalized spacial score (nSPS) is 14.0. The largest absolute Gasteiger partial charge is 0.491 e. The Labute approximate surface area is 153 Å². The summed E-state index contributed by atoms with van der Waals surface area (Å²) in [6.07, 6.45) is 1.52. The van der Waals surface area contributed by atoms with E-state index in [4.69, 9.17) is 9.15 Å². The molecule has 0 aliphatic rings. The predicted molar refractivity (Wildman–Crippen MR) is 98.7 cm³/mol. The number of nitrogens with one attached hydrogen (secondary N) is 2. The lowest BCUT2D eigenvalue weighted by molar-refractivity contribution is 0.0386. The lowest BCUT2D eigenvalue weighted by Crippen LogP contribution is -2.44. The molecule has 1 aromatic heterocycles. The highest BCUT2D eigenvalue weighted by molar-refractivity contribution is 5.79. The maximum absolute atomic E-state index is 13.9. The first-order valence-corrected chi connectivity index (χ1v) is 8.66. The summed E-state index contributed by atoms with van der Waals surface area (Å²) < 4.78 is 24.4. The number of guanidine groups is 1. The van der Waals surface area contributed by atoms with Gasteiger partial charge in [-0.2, -0.15) is 0 Å². The Kier molecular flexibility index (Phi) is 7.03. The summed E-state index contributed by atoms with van der Waals surface area (Å²) in [6, 6.07) is 8.24. The minimum absolute atomic E-state index is 0.212. The van der Waals surface area contributed by atoms with E-state index in [0.717, 1.165) is 5.56 Å². The minimum Gasteiger partial charge on any atom is -0.491 e. The molecule has 1 atom stereocenters. The van der Waals surface area contributed by atoms with Crippen molar-refractivity contribution < 1.29 is 18.7 Å². The number of ether oxygens (including phenoxy) is 1. The molecule has 0 aliphatic carbocycles. The van der Waals surface area contributed by atoms with Crippen LogP contribution >= 0.6 is 0 Å². The maximum Gasteiger partial charge on any atom is 0.191 e. The van der Waals surface area contributed by atoms with Gasteiger partial charge in [-0.05, 0) is 50.6 Å². The Bertz CT molecular complexity index is 715. The molecular weight excluding hydrogens is 337 g/mol. The van der Waals surface area contributed by atoms with Crippen LogP contribution in [0.5, 0.6) is 5.75 Å². The van der Waals surface area contributed by atoms with Crippen molar-refractivity contribution in [1.82, 2.24) is 10.6 Å². The van der Waals surface area contributed by atoms with E-state index < -0.39 is 11.4 Å². The molecule has 26 heavy (non-hydrogen) atoms. The first-order chi connectivity index (χ1) is 12.5. The molecular formula is C19H26FN3O3. The highest BCUT2D eigenvalue weighted by Crippen LogP contribution is 2.20. The zero-order valence-corrected chi connectivity index (χ0v) is 15.4. The molecule has 0 fully saturated rings. The van der Waals surface area contributed by atoms with Crippen molar-refractivity contribution >= 4 is 5.96 Å². The molecule has 2 rings (SSSR count). The number of rotatable bonds is 8. The lowest BCUT2D eigenvalue weighted by Gasteiger charge is -2.22. The quantitative estimate of drug-likeness (QED) is 0.496. The van der Waals surface area contributed by atoms with Crippen LogP contribution in [-0.4, -0.2) is 30.8 Å². The van der Waals surface area contributed by atoms with Gasteiger partial charge < -0.3 is 24.9 Å². The third-order valence-corrected chi connectivity index (χ3v) is 3.71. The molecule has 1 aromatic carbocycles. The molecule has 0 saturated carbocycles. The molecule has 6 nitrogen and oxygen atoms in total. The van der Waals surface area contributed by atoms with E-state index in [1.165, 1.54) is 12.3 Å². The van der Waals surface area contributed by atoms with E-state index in [2.05, 4.69) is 15.6 Å². The van der Waals surface area contributed by atoms with Crippen LogP contribution < -0.4 is 15.4 Å². The highest BCUT2D eigenvalue weighted by atomic mass is 19.1. The van der Waals surface area contributed by atoms with E-state index in [1.54, 1.807) is 31.2 Å². The summed E-state index contributed by atoms with van der Waals surface area (Å²) in [4.78, 5) is 4.43. The Morgan fingerprint density at radius 2 is 2.12 bits per heavy atom. The standard InChI is InChI=1S/C19H26FN3O3/c1-4-21-18(23-13-19(3,24)17-7-6-10-26-17)22-12-14-8-9-16(25-5-2)15(20)11-14/h6-11,24H,4-5,12-13H2,1-3H3,(H2,21,22,23).